The van der Waals surface area contributed by atoms with Crippen molar-refractivity contribution in [3.8, 4) is 0 Å². The maximum Gasteiger partial charge on any atom is 0.367 e. The lowest BCUT2D eigenvalue weighted by molar-refractivity contribution is -0.143. The van der Waals surface area contributed by atoms with E-state index in [9.17, 15) is 9.59 Å². The molecule has 0 saturated heterocycles. The summed E-state index contributed by atoms with van der Waals surface area (Å²) in [6, 6.07) is 6.01. The van der Waals surface area contributed by atoms with Crippen LogP contribution in [0.2, 0.25) is 0 Å². The van der Waals surface area contributed by atoms with Gasteiger partial charge in [0.05, 0.1) is 24.9 Å². The molecule has 5 heteroatoms. The molecule has 1 aromatic carbocycles. The number of benzene rings is 1. The van der Waals surface area contributed by atoms with Gasteiger partial charge in [-0.05, 0) is 50.6 Å². The zero-order chi connectivity index (χ0) is 15.8. The molecule has 0 saturated carbocycles. The quantitative estimate of drug-likeness (QED) is 0.737. The van der Waals surface area contributed by atoms with Gasteiger partial charge in [0.2, 0.25) is 0 Å². The summed E-state index contributed by atoms with van der Waals surface area (Å²) in [5.74, 6) is -0.305. The van der Waals surface area contributed by atoms with Crippen molar-refractivity contribution >= 4 is 23.0 Å². The highest BCUT2D eigenvalue weighted by Crippen LogP contribution is 2.36. The van der Waals surface area contributed by atoms with E-state index in [1.165, 1.54) is 0 Å². The van der Waals surface area contributed by atoms with Crippen molar-refractivity contribution in [2.24, 2.45) is 0 Å². The molecule has 21 heavy (non-hydrogen) atoms. The average molecular weight is 310 g/mol. The van der Waals surface area contributed by atoms with Crippen LogP contribution in [-0.4, -0.2) is 24.5 Å². The number of ether oxygens (including phenoxy) is 2. The van der Waals surface area contributed by atoms with Crippen molar-refractivity contribution in [1.82, 2.24) is 0 Å². The number of esters is 1. The van der Waals surface area contributed by atoms with Crippen LogP contribution in [0.3, 0.4) is 0 Å². The Balaban J connectivity index is 2.96. The first-order valence-corrected chi connectivity index (χ1v) is 7.92. The number of carbonyl (C=O) groups is 2. The first kappa shape index (κ1) is 17.6. The fourth-order valence-electron chi connectivity index (χ4n) is 1.96. The molecule has 1 atom stereocenters. The van der Waals surface area contributed by atoms with Crippen molar-refractivity contribution < 1.29 is 19.1 Å². The van der Waals surface area contributed by atoms with Gasteiger partial charge in [-0.3, -0.25) is 4.79 Å². The molecule has 0 aliphatic heterocycles. The third-order valence-electron chi connectivity index (χ3n) is 2.94. The molecule has 0 aliphatic carbocycles. The summed E-state index contributed by atoms with van der Waals surface area (Å²) in [6.45, 7) is 8.14. The molecule has 1 aromatic rings. The number of rotatable bonds is 6. The number of carbonyl (C=O) groups excluding carboxylic acids is 2. The fourth-order valence-corrected chi connectivity index (χ4v) is 2.98. The van der Waals surface area contributed by atoms with Crippen LogP contribution in [0.5, 0.6) is 0 Å². The first-order valence-electron chi connectivity index (χ1n) is 7.04. The molecule has 4 nitrogen and oxygen atoms in total. The lowest BCUT2D eigenvalue weighted by atomic mass is 10.0. The van der Waals surface area contributed by atoms with Crippen LogP contribution >= 0.6 is 11.8 Å². The Labute approximate surface area is 130 Å². The Morgan fingerprint density at radius 3 is 2.43 bits per heavy atom. The summed E-state index contributed by atoms with van der Waals surface area (Å²) in [5.41, 5.74) is 3.11. The highest BCUT2D eigenvalue weighted by atomic mass is 32.2. The second kappa shape index (κ2) is 8.72. The summed E-state index contributed by atoms with van der Waals surface area (Å²) in [6.07, 6.45) is 0.154. The molecule has 0 radical (unpaired) electrons. The van der Waals surface area contributed by atoms with Gasteiger partial charge in [-0.2, -0.15) is 0 Å². The van der Waals surface area contributed by atoms with E-state index in [0.717, 1.165) is 28.5 Å². The van der Waals surface area contributed by atoms with E-state index in [1.807, 2.05) is 32.0 Å². The van der Waals surface area contributed by atoms with Crippen LogP contribution in [0.15, 0.2) is 18.2 Å². The Hall–Kier alpha value is -1.49. The molecular weight excluding hydrogens is 288 g/mol. The van der Waals surface area contributed by atoms with Crippen molar-refractivity contribution in [2.75, 3.05) is 13.2 Å². The SMILES string of the molecule is CCOC(=O)CC(SC(=O)OCC)c1cc(C)ccc1C. The molecule has 116 valence electrons. The second-order valence-electron chi connectivity index (χ2n) is 4.66. The van der Waals surface area contributed by atoms with Gasteiger partial charge in [-0.25, -0.2) is 4.79 Å². The second-order valence-corrected chi connectivity index (χ2v) is 5.80. The third kappa shape index (κ3) is 5.79. The maximum absolute atomic E-state index is 11.8. The molecule has 0 spiro atoms. The van der Waals surface area contributed by atoms with Crippen molar-refractivity contribution in [1.29, 1.82) is 0 Å². The topological polar surface area (TPSA) is 52.6 Å². The summed E-state index contributed by atoms with van der Waals surface area (Å²) in [5, 5.41) is -0.657. The molecular formula is C16H22O4S. The van der Waals surface area contributed by atoms with E-state index in [2.05, 4.69) is 0 Å². The van der Waals surface area contributed by atoms with Crippen LogP contribution in [0.1, 0.15) is 42.2 Å². The van der Waals surface area contributed by atoms with E-state index >= 15 is 0 Å². The smallest absolute Gasteiger partial charge is 0.367 e. The van der Waals surface area contributed by atoms with Crippen molar-refractivity contribution in [3.05, 3.63) is 34.9 Å². The predicted octanol–water partition coefficient (Wildman–Crippen LogP) is 4.19. The Morgan fingerprint density at radius 1 is 1.14 bits per heavy atom. The summed E-state index contributed by atoms with van der Waals surface area (Å²) in [7, 11) is 0. The molecule has 0 amide bonds. The molecule has 0 aliphatic rings. The summed E-state index contributed by atoms with van der Waals surface area (Å²) in [4.78, 5) is 23.5. The van der Waals surface area contributed by atoms with Gasteiger partial charge in [0, 0.05) is 0 Å². The first-order chi connectivity index (χ1) is 9.97. The lowest BCUT2D eigenvalue weighted by Crippen LogP contribution is -2.12. The number of hydrogen-bond acceptors (Lipinski definition) is 5. The van der Waals surface area contributed by atoms with Gasteiger partial charge in [0.1, 0.15) is 0 Å². The van der Waals surface area contributed by atoms with Gasteiger partial charge in [-0.1, -0.05) is 23.8 Å². The standard InChI is InChI=1S/C16H22O4S/c1-5-19-15(17)10-14(21-16(18)20-6-2)13-9-11(3)7-8-12(13)4/h7-9,14H,5-6,10H2,1-4H3. The molecule has 1 rings (SSSR count). The summed E-state index contributed by atoms with van der Waals surface area (Å²) < 4.78 is 9.98. The Bertz CT molecular complexity index is 479. The minimum absolute atomic E-state index is 0.154. The normalized spacial score (nSPS) is 11.8. The minimum atomic E-state index is -0.368. The Kier molecular flexibility index (Phi) is 7.29. The zero-order valence-corrected chi connectivity index (χ0v) is 13.8. The highest BCUT2D eigenvalue weighted by molar-refractivity contribution is 8.13. The molecule has 0 fully saturated rings. The van der Waals surface area contributed by atoms with E-state index < -0.39 is 0 Å². The van der Waals surface area contributed by atoms with Gasteiger partial charge in [-0.15, -0.1) is 0 Å². The highest BCUT2D eigenvalue weighted by Gasteiger charge is 2.23. The monoisotopic (exact) mass is 310 g/mol. The Morgan fingerprint density at radius 2 is 1.81 bits per heavy atom. The van der Waals surface area contributed by atoms with Crippen LogP contribution in [0.25, 0.3) is 0 Å². The largest absolute Gasteiger partial charge is 0.466 e. The average Bonchev–Trinajstić information content (AvgIpc) is 2.41. The number of hydrogen-bond donors (Lipinski definition) is 0. The molecule has 0 N–H and O–H groups in total. The predicted molar refractivity (Wildman–Crippen MR) is 84.5 cm³/mol. The molecule has 0 heterocycles. The summed E-state index contributed by atoms with van der Waals surface area (Å²) >= 11 is 1.04. The number of aryl methyl sites for hydroxylation is 2. The van der Waals surface area contributed by atoms with Crippen LogP contribution < -0.4 is 0 Å². The minimum Gasteiger partial charge on any atom is -0.466 e. The fraction of sp³-hybridized carbons (Fsp3) is 0.500. The number of thioether (sulfide) groups is 1. The van der Waals surface area contributed by atoms with Crippen molar-refractivity contribution in [3.63, 3.8) is 0 Å². The van der Waals surface area contributed by atoms with E-state index in [4.69, 9.17) is 9.47 Å². The molecule has 0 aromatic heterocycles. The van der Waals surface area contributed by atoms with Gasteiger partial charge < -0.3 is 9.47 Å². The van der Waals surface area contributed by atoms with E-state index in [1.54, 1.807) is 13.8 Å². The van der Waals surface area contributed by atoms with Crippen molar-refractivity contribution in [2.45, 2.75) is 39.4 Å². The van der Waals surface area contributed by atoms with Gasteiger partial charge in [0.25, 0.3) is 0 Å². The van der Waals surface area contributed by atoms with Crippen LogP contribution in [-0.2, 0) is 14.3 Å². The lowest BCUT2D eigenvalue weighted by Gasteiger charge is -2.18. The maximum atomic E-state index is 11.8. The van der Waals surface area contributed by atoms with Gasteiger partial charge in [0.15, 0.2) is 0 Å². The third-order valence-corrected chi connectivity index (χ3v) is 3.96. The van der Waals surface area contributed by atoms with Crippen LogP contribution in [0.4, 0.5) is 4.79 Å². The van der Waals surface area contributed by atoms with Gasteiger partial charge >= 0.3 is 11.3 Å². The van der Waals surface area contributed by atoms with E-state index in [-0.39, 0.29) is 22.9 Å². The molecule has 1 unspecified atom stereocenters. The zero-order valence-electron chi connectivity index (χ0n) is 13.0. The molecule has 0 bridgehead atoms. The van der Waals surface area contributed by atoms with E-state index in [0.29, 0.717) is 13.2 Å². The van der Waals surface area contributed by atoms with Crippen LogP contribution in [0, 0.1) is 13.8 Å².